The van der Waals surface area contributed by atoms with E-state index in [1.165, 1.54) is 13.0 Å². The number of hydrogen-bond donors (Lipinski definition) is 1. The molecule has 0 aliphatic heterocycles. The van der Waals surface area contributed by atoms with Crippen LogP contribution in [0.25, 0.3) is 0 Å². The number of aliphatic hydroxyl groups excluding tert-OH is 1. The lowest BCUT2D eigenvalue weighted by Gasteiger charge is -2.41. The molecule has 0 unspecified atom stereocenters. The fraction of sp³-hybridized carbons (Fsp3) is 0.867. The first-order chi connectivity index (χ1) is 12.4. The van der Waals surface area contributed by atoms with Crippen molar-refractivity contribution in [3.05, 3.63) is 12.2 Å². The van der Waals surface area contributed by atoms with Crippen LogP contribution in [0, 0.1) is 0 Å². The van der Waals surface area contributed by atoms with Crippen molar-refractivity contribution in [1.82, 2.24) is 0 Å². The molecular weight excluding hydrogens is 424 g/mol. The summed E-state index contributed by atoms with van der Waals surface area (Å²) in [5.74, 6) is -41.1. The van der Waals surface area contributed by atoms with E-state index in [2.05, 4.69) is 0 Å². The number of rotatable bonds is 12. The Morgan fingerprint density at radius 3 is 1.29 bits per heavy atom. The van der Waals surface area contributed by atoms with Gasteiger partial charge in [-0.15, -0.1) is 0 Å². The minimum atomic E-state index is -7.53. The van der Waals surface area contributed by atoms with E-state index in [9.17, 15) is 52.7 Å². The Labute approximate surface area is 152 Å². The van der Waals surface area contributed by atoms with Crippen LogP contribution in [0.4, 0.5) is 52.7 Å². The van der Waals surface area contributed by atoms with Crippen LogP contribution >= 0.6 is 0 Å². The molecule has 0 fully saturated rings. The smallest absolute Gasteiger partial charge is 0.384 e. The third kappa shape index (κ3) is 4.54. The summed E-state index contributed by atoms with van der Waals surface area (Å²) in [4.78, 5) is 0. The van der Waals surface area contributed by atoms with Gasteiger partial charge in [0.15, 0.2) is 0 Å². The van der Waals surface area contributed by atoms with E-state index in [1.54, 1.807) is 0 Å². The fourth-order valence-electron chi connectivity index (χ4n) is 2.08. The largest absolute Gasteiger partial charge is 0.396 e. The van der Waals surface area contributed by atoms with Gasteiger partial charge in [0.05, 0.1) is 0 Å². The Morgan fingerprint density at radius 2 is 0.964 bits per heavy atom. The highest BCUT2D eigenvalue weighted by Crippen LogP contribution is 2.61. The molecule has 0 saturated heterocycles. The van der Waals surface area contributed by atoms with Crippen molar-refractivity contribution in [1.29, 1.82) is 0 Å². The van der Waals surface area contributed by atoms with E-state index in [-0.39, 0.29) is 6.42 Å². The Hall–Kier alpha value is -1.14. The summed E-state index contributed by atoms with van der Waals surface area (Å²) >= 11 is 0. The SMILES string of the molecule is C/C=C/CCCC(F)(F)C(F)(F)C(F)(F)C(F)(F)C(F)(F)C(F)(F)CCCO. The van der Waals surface area contributed by atoms with Gasteiger partial charge in [-0.05, 0) is 26.2 Å². The second-order valence-electron chi connectivity index (χ2n) is 5.99. The van der Waals surface area contributed by atoms with Crippen LogP contribution < -0.4 is 0 Å². The summed E-state index contributed by atoms with van der Waals surface area (Å²) in [5.41, 5.74) is 0. The highest BCUT2D eigenvalue weighted by molar-refractivity contribution is 5.11. The third-order valence-corrected chi connectivity index (χ3v) is 3.85. The highest BCUT2D eigenvalue weighted by Gasteiger charge is 2.89. The molecule has 0 spiro atoms. The molecule has 0 amide bonds. The molecule has 0 saturated carbocycles. The van der Waals surface area contributed by atoms with Gasteiger partial charge in [0.2, 0.25) is 0 Å². The summed E-state index contributed by atoms with van der Waals surface area (Å²) < 4.78 is 162. The van der Waals surface area contributed by atoms with Crippen molar-refractivity contribution in [3.8, 4) is 0 Å². The second-order valence-corrected chi connectivity index (χ2v) is 5.99. The lowest BCUT2D eigenvalue weighted by Crippen LogP contribution is -2.70. The Morgan fingerprint density at radius 1 is 0.607 bits per heavy atom. The van der Waals surface area contributed by atoms with Crippen LogP contribution in [0.15, 0.2) is 12.2 Å². The zero-order valence-electron chi connectivity index (χ0n) is 14.4. The minimum Gasteiger partial charge on any atom is -0.396 e. The third-order valence-electron chi connectivity index (χ3n) is 3.85. The second kappa shape index (κ2) is 8.70. The van der Waals surface area contributed by atoms with Crippen LogP contribution in [0.5, 0.6) is 0 Å². The van der Waals surface area contributed by atoms with Crippen LogP contribution in [-0.4, -0.2) is 47.2 Å². The molecule has 0 aromatic rings. The minimum absolute atomic E-state index is 0.334. The maximum atomic E-state index is 13.5. The van der Waals surface area contributed by atoms with E-state index >= 15 is 0 Å². The maximum Gasteiger partial charge on any atom is 0.384 e. The Kier molecular flexibility index (Phi) is 8.35. The highest BCUT2D eigenvalue weighted by atomic mass is 19.4. The molecule has 0 rings (SSSR count). The summed E-state index contributed by atoms with van der Waals surface area (Å²) in [6.45, 7) is 0.175. The van der Waals surface area contributed by atoms with Gasteiger partial charge in [0.25, 0.3) is 0 Å². The molecule has 1 nitrogen and oxygen atoms in total. The van der Waals surface area contributed by atoms with Gasteiger partial charge in [-0.25, -0.2) is 0 Å². The zero-order chi connectivity index (χ0) is 22.7. The predicted octanol–water partition coefficient (Wildman–Crippen LogP) is 6.32. The first-order valence-electron chi connectivity index (χ1n) is 7.86. The molecule has 0 radical (unpaired) electrons. The van der Waals surface area contributed by atoms with E-state index in [0.29, 0.717) is 0 Å². The standard InChI is InChI=1S/C15H18F12O/c1-2-3-4-5-7-10(16,17)12(20,21)14(24,25)15(26,27)13(22,23)11(18,19)8-6-9-28/h2-3,28H,4-9H2,1H3/b3-2+. The summed E-state index contributed by atoms with van der Waals surface area (Å²) in [6.07, 6.45) is -4.39. The number of aliphatic hydroxyl groups is 1. The number of alkyl halides is 12. The Bertz CT molecular complexity index is 527. The monoisotopic (exact) mass is 442 g/mol. The van der Waals surface area contributed by atoms with Crippen molar-refractivity contribution >= 4 is 0 Å². The molecule has 0 aromatic heterocycles. The summed E-state index contributed by atoms with van der Waals surface area (Å²) in [6, 6.07) is 0. The van der Waals surface area contributed by atoms with Crippen LogP contribution in [-0.2, 0) is 0 Å². The first-order valence-corrected chi connectivity index (χ1v) is 7.86. The van der Waals surface area contributed by atoms with Crippen molar-refractivity contribution in [3.63, 3.8) is 0 Å². The molecule has 0 aliphatic carbocycles. The fourth-order valence-corrected chi connectivity index (χ4v) is 2.08. The molecule has 0 bridgehead atoms. The van der Waals surface area contributed by atoms with Gasteiger partial charge < -0.3 is 5.11 Å². The lowest BCUT2D eigenvalue weighted by atomic mass is 9.88. The van der Waals surface area contributed by atoms with Gasteiger partial charge in [-0.3, -0.25) is 0 Å². The number of halogens is 12. The average Bonchev–Trinajstić information content (AvgIpc) is 2.56. The van der Waals surface area contributed by atoms with Gasteiger partial charge in [-0.1, -0.05) is 12.2 Å². The van der Waals surface area contributed by atoms with E-state index in [0.717, 1.165) is 6.08 Å². The maximum absolute atomic E-state index is 13.5. The van der Waals surface area contributed by atoms with Gasteiger partial charge in [-0.2, -0.15) is 52.7 Å². The van der Waals surface area contributed by atoms with Gasteiger partial charge in [0.1, 0.15) is 0 Å². The predicted molar refractivity (Wildman–Crippen MR) is 74.7 cm³/mol. The van der Waals surface area contributed by atoms with Crippen molar-refractivity contribution in [2.75, 3.05) is 6.61 Å². The molecule has 0 atom stereocenters. The van der Waals surface area contributed by atoms with Gasteiger partial charge >= 0.3 is 35.5 Å². The van der Waals surface area contributed by atoms with Crippen LogP contribution in [0.1, 0.15) is 39.0 Å². The molecular formula is C15H18F12O. The lowest BCUT2D eigenvalue weighted by molar-refractivity contribution is -0.425. The zero-order valence-corrected chi connectivity index (χ0v) is 14.4. The number of hydrogen-bond acceptors (Lipinski definition) is 1. The number of unbranched alkanes of at least 4 members (excludes halogenated alkanes) is 1. The topological polar surface area (TPSA) is 20.2 Å². The molecule has 13 heteroatoms. The van der Waals surface area contributed by atoms with Crippen molar-refractivity contribution in [2.45, 2.75) is 74.6 Å². The van der Waals surface area contributed by atoms with E-state index in [1.807, 2.05) is 0 Å². The summed E-state index contributed by atoms with van der Waals surface area (Å²) in [7, 11) is 0. The van der Waals surface area contributed by atoms with Crippen LogP contribution in [0.3, 0.4) is 0 Å². The van der Waals surface area contributed by atoms with Crippen molar-refractivity contribution < 1.29 is 57.8 Å². The molecule has 0 aromatic carbocycles. The van der Waals surface area contributed by atoms with E-state index in [4.69, 9.17) is 5.11 Å². The molecule has 168 valence electrons. The normalized spacial score (nSPS) is 15.5. The van der Waals surface area contributed by atoms with E-state index < -0.39 is 67.8 Å². The molecule has 28 heavy (non-hydrogen) atoms. The average molecular weight is 442 g/mol. The van der Waals surface area contributed by atoms with Crippen molar-refractivity contribution in [2.24, 2.45) is 0 Å². The van der Waals surface area contributed by atoms with Gasteiger partial charge in [0, 0.05) is 19.4 Å². The molecule has 0 aliphatic rings. The number of allylic oxidation sites excluding steroid dienone is 2. The van der Waals surface area contributed by atoms with Crippen LogP contribution in [0.2, 0.25) is 0 Å². The molecule has 1 N–H and O–H groups in total. The molecule has 0 heterocycles. The quantitative estimate of drug-likeness (QED) is 0.213. The summed E-state index contributed by atoms with van der Waals surface area (Å²) in [5, 5.41) is 8.28. The first kappa shape index (κ1) is 26.9. The Balaban J connectivity index is 5.95.